The van der Waals surface area contributed by atoms with Gasteiger partial charge in [-0.3, -0.25) is 4.79 Å². The zero-order valence-electron chi connectivity index (χ0n) is 19.8. The van der Waals surface area contributed by atoms with Gasteiger partial charge < -0.3 is 5.32 Å². The van der Waals surface area contributed by atoms with Crippen LogP contribution >= 0.6 is 0 Å². The quantitative estimate of drug-likeness (QED) is 0.326. The van der Waals surface area contributed by atoms with Crippen molar-refractivity contribution in [2.24, 2.45) is 11.3 Å². The van der Waals surface area contributed by atoms with E-state index in [1.54, 1.807) is 0 Å². The van der Waals surface area contributed by atoms with Crippen LogP contribution in [0.1, 0.15) is 53.5 Å². The van der Waals surface area contributed by atoms with Crippen molar-refractivity contribution in [3.05, 3.63) is 143 Å². The molecule has 2 heteroatoms. The predicted molar refractivity (Wildman–Crippen MR) is 139 cm³/mol. The molecule has 0 spiro atoms. The standard InChI is InChI=1S/C32H31NO/c1-32(2)22-33-31(34)30(32)29(25-16-10-5-11-17-25)27-20-18-26(19-21-27)28(23-12-6-3-7-13-23)24-14-8-4-9-15-24/h3-21,28-30H,22H2,1-2H3,(H,33,34). The Labute approximate surface area is 202 Å². The number of carbonyl (C=O) groups is 1. The highest BCUT2D eigenvalue weighted by atomic mass is 16.2. The summed E-state index contributed by atoms with van der Waals surface area (Å²) >= 11 is 0. The maximum atomic E-state index is 13.0. The third-order valence-corrected chi connectivity index (χ3v) is 7.23. The first kappa shape index (κ1) is 22.2. The van der Waals surface area contributed by atoms with E-state index in [-0.39, 0.29) is 29.1 Å². The molecule has 0 radical (unpaired) electrons. The summed E-state index contributed by atoms with van der Waals surface area (Å²) in [7, 11) is 0. The number of nitrogens with one attached hydrogen (secondary N) is 1. The third-order valence-electron chi connectivity index (χ3n) is 7.23. The Balaban J connectivity index is 1.57. The molecule has 1 aliphatic rings. The molecule has 1 amide bonds. The molecule has 0 aliphatic carbocycles. The molecule has 4 aromatic carbocycles. The summed E-state index contributed by atoms with van der Waals surface area (Å²) in [5.41, 5.74) is 6.06. The third kappa shape index (κ3) is 4.28. The smallest absolute Gasteiger partial charge is 0.224 e. The molecule has 2 atom stereocenters. The molecule has 1 aliphatic heterocycles. The van der Waals surface area contributed by atoms with E-state index in [0.29, 0.717) is 6.54 Å². The zero-order chi connectivity index (χ0) is 23.5. The van der Waals surface area contributed by atoms with Crippen LogP contribution in [0.2, 0.25) is 0 Å². The highest BCUT2D eigenvalue weighted by Gasteiger charge is 2.46. The van der Waals surface area contributed by atoms with Crippen LogP contribution in [0.25, 0.3) is 0 Å². The van der Waals surface area contributed by atoms with E-state index in [4.69, 9.17) is 0 Å². The Bertz CT molecular complexity index is 1190. The van der Waals surface area contributed by atoms with Crippen LogP contribution in [0, 0.1) is 11.3 Å². The average molecular weight is 446 g/mol. The van der Waals surface area contributed by atoms with E-state index in [9.17, 15) is 4.79 Å². The van der Waals surface area contributed by atoms with Gasteiger partial charge in [0.2, 0.25) is 5.91 Å². The number of hydrogen-bond acceptors (Lipinski definition) is 1. The number of rotatable bonds is 6. The second kappa shape index (κ2) is 9.30. The van der Waals surface area contributed by atoms with E-state index in [2.05, 4.69) is 128 Å². The van der Waals surface area contributed by atoms with Crippen LogP contribution in [0.15, 0.2) is 115 Å². The summed E-state index contributed by atoms with van der Waals surface area (Å²) in [5, 5.41) is 3.11. The van der Waals surface area contributed by atoms with E-state index in [1.165, 1.54) is 27.8 Å². The van der Waals surface area contributed by atoms with Crippen molar-refractivity contribution in [1.82, 2.24) is 5.32 Å². The Morgan fingerprint density at radius 1 is 0.618 bits per heavy atom. The number of hydrogen-bond donors (Lipinski definition) is 1. The monoisotopic (exact) mass is 445 g/mol. The van der Waals surface area contributed by atoms with Gasteiger partial charge in [-0.25, -0.2) is 0 Å². The van der Waals surface area contributed by atoms with Crippen LogP contribution < -0.4 is 5.32 Å². The van der Waals surface area contributed by atoms with Crippen LogP contribution in [-0.2, 0) is 4.79 Å². The number of carbonyl (C=O) groups excluding carboxylic acids is 1. The maximum Gasteiger partial charge on any atom is 0.224 e. The first-order valence-corrected chi connectivity index (χ1v) is 12.1. The fraction of sp³-hybridized carbons (Fsp3) is 0.219. The van der Waals surface area contributed by atoms with Gasteiger partial charge in [0.25, 0.3) is 0 Å². The van der Waals surface area contributed by atoms with Gasteiger partial charge in [0, 0.05) is 18.4 Å². The van der Waals surface area contributed by atoms with Crippen LogP contribution in [0.3, 0.4) is 0 Å². The Kier molecular flexibility index (Phi) is 6.06. The van der Waals surface area contributed by atoms with Crippen LogP contribution in [0.4, 0.5) is 0 Å². The highest BCUT2D eigenvalue weighted by Crippen LogP contribution is 2.45. The maximum absolute atomic E-state index is 13.0. The zero-order valence-corrected chi connectivity index (χ0v) is 19.8. The lowest BCUT2D eigenvalue weighted by Crippen LogP contribution is -2.31. The molecule has 34 heavy (non-hydrogen) atoms. The summed E-state index contributed by atoms with van der Waals surface area (Å²) in [5.74, 6) is 0.215. The lowest BCUT2D eigenvalue weighted by Gasteiger charge is -2.32. The van der Waals surface area contributed by atoms with Gasteiger partial charge in [0.1, 0.15) is 0 Å². The number of amides is 1. The molecule has 4 aromatic rings. The van der Waals surface area contributed by atoms with E-state index >= 15 is 0 Å². The molecule has 0 saturated carbocycles. The second-order valence-corrected chi connectivity index (χ2v) is 9.99. The summed E-state index contributed by atoms with van der Waals surface area (Å²) in [6.45, 7) is 5.10. The van der Waals surface area contributed by atoms with Crippen molar-refractivity contribution in [3.8, 4) is 0 Å². The molecule has 1 heterocycles. The molecule has 1 saturated heterocycles. The predicted octanol–water partition coefficient (Wildman–Crippen LogP) is 6.77. The van der Waals surface area contributed by atoms with Gasteiger partial charge in [-0.05, 0) is 33.2 Å². The highest BCUT2D eigenvalue weighted by molar-refractivity contribution is 5.83. The lowest BCUT2D eigenvalue weighted by molar-refractivity contribution is -0.124. The van der Waals surface area contributed by atoms with Crippen LogP contribution in [0.5, 0.6) is 0 Å². The van der Waals surface area contributed by atoms with E-state index in [0.717, 1.165) is 0 Å². The molecule has 0 aromatic heterocycles. The molecule has 2 nitrogen and oxygen atoms in total. The van der Waals surface area contributed by atoms with Crippen molar-refractivity contribution in [2.75, 3.05) is 6.54 Å². The van der Waals surface area contributed by atoms with Gasteiger partial charge in [0.15, 0.2) is 0 Å². The number of benzene rings is 4. The minimum Gasteiger partial charge on any atom is -0.355 e. The minimum absolute atomic E-state index is 0.0136. The molecule has 170 valence electrons. The van der Waals surface area contributed by atoms with E-state index < -0.39 is 0 Å². The average Bonchev–Trinajstić information content (AvgIpc) is 3.15. The van der Waals surface area contributed by atoms with E-state index in [1.807, 2.05) is 6.07 Å². The Hall–Kier alpha value is -3.65. The van der Waals surface area contributed by atoms with Crippen molar-refractivity contribution in [1.29, 1.82) is 0 Å². The van der Waals surface area contributed by atoms with Crippen LogP contribution in [-0.4, -0.2) is 12.5 Å². The van der Waals surface area contributed by atoms with Crippen molar-refractivity contribution >= 4 is 5.91 Å². The molecule has 5 rings (SSSR count). The normalized spacial score (nSPS) is 18.0. The Morgan fingerprint density at radius 2 is 1.00 bits per heavy atom. The fourth-order valence-corrected chi connectivity index (χ4v) is 5.49. The summed E-state index contributed by atoms with van der Waals surface area (Å²) in [4.78, 5) is 13.0. The molecule has 1 fully saturated rings. The molecular formula is C32H31NO. The van der Waals surface area contributed by atoms with Gasteiger partial charge in [-0.15, -0.1) is 0 Å². The van der Waals surface area contributed by atoms with Gasteiger partial charge in [0.05, 0.1) is 5.92 Å². The minimum atomic E-state index is -0.118. The van der Waals surface area contributed by atoms with Crippen molar-refractivity contribution in [3.63, 3.8) is 0 Å². The largest absolute Gasteiger partial charge is 0.355 e. The SMILES string of the molecule is CC1(C)CNC(=O)C1C(c1ccccc1)c1ccc(C(c2ccccc2)c2ccccc2)cc1. The molecular weight excluding hydrogens is 414 g/mol. The first-order chi connectivity index (χ1) is 16.5. The second-order valence-electron chi connectivity index (χ2n) is 9.99. The molecule has 2 unspecified atom stereocenters. The van der Waals surface area contributed by atoms with Gasteiger partial charge in [-0.1, -0.05) is 129 Å². The first-order valence-electron chi connectivity index (χ1n) is 12.1. The van der Waals surface area contributed by atoms with Gasteiger partial charge in [-0.2, -0.15) is 0 Å². The summed E-state index contributed by atoms with van der Waals surface area (Å²) in [6, 6.07) is 40.8. The fourth-order valence-electron chi connectivity index (χ4n) is 5.49. The van der Waals surface area contributed by atoms with Gasteiger partial charge >= 0.3 is 0 Å². The molecule has 0 bridgehead atoms. The van der Waals surface area contributed by atoms with Crippen molar-refractivity contribution in [2.45, 2.75) is 25.7 Å². The van der Waals surface area contributed by atoms with Crippen molar-refractivity contribution < 1.29 is 4.79 Å². The molecule has 1 N–H and O–H groups in total. The lowest BCUT2D eigenvalue weighted by atomic mass is 9.69. The summed E-state index contributed by atoms with van der Waals surface area (Å²) in [6.07, 6.45) is 0. The topological polar surface area (TPSA) is 29.1 Å². The summed E-state index contributed by atoms with van der Waals surface area (Å²) < 4.78 is 0. The Morgan fingerprint density at radius 3 is 1.44 bits per heavy atom.